The molecule has 0 saturated carbocycles. The van der Waals surface area contributed by atoms with Gasteiger partial charge < -0.3 is 24.6 Å². The number of nitrogens with zero attached hydrogens (tertiary/aromatic N) is 2. The fourth-order valence-electron chi connectivity index (χ4n) is 4.59. The Labute approximate surface area is 230 Å². The number of carbonyl (C=O) groups excluding carboxylic acids is 3. The maximum Gasteiger partial charge on any atom is 0.306 e. The lowest BCUT2D eigenvalue weighted by atomic mass is 9.90. The summed E-state index contributed by atoms with van der Waals surface area (Å²) < 4.78 is 64.8. The second-order valence-corrected chi connectivity index (χ2v) is 9.87. The lowest BCUT2D eigenvalue weighted by Gasteiger charge is -2.31. The average Bonchev–Trinajstić information content (AvgIpc) is 3.19. The fourth-order valence-corrected chi connectivity index (χ4v) is 4.59. The van der Waals surface area contributed by atoms with E-state index in [1.165, 1.54) is 4.90 Å². The van der Waals surface area contributed by atoms with Gasteiger partial charge in [0.05, 0.1) is 17.7 Å². The molecular weight excluding hydrogens is 554 g/mol. The van der Waals surface area contributed by atoms with E-state index in [1.54, 1.807) is 24.3 Å². The molecule has 2 N–H and O–H groups in total. The van der Waals surface area contributed by atoms with Gasteiger partial charge in [-0.25, -0.2) is 8.78 Å². The summed E-state index contributed by atoms with van der Waals surface area (Å²) in [4.78, 5) is 52.5. The SMILES string of the molecule is CC(CC(=O)O)(NC(=O)C1CCCCN(C(=O)c2noc3ccccc23)C1)C(=O)COc1c(F)c(F)cc(F)c1F. The van der Waals surface area contributed by atoms with Gasteiger partial charge in [-0.2, -0.15) is 8.78 Å². The van der Waals surface area contributed by atoms with Gasteiger partial charge in [-0.15, -0.1) is 0 Å². The number of hydrogen-bond acceptors (Lipinski definition) is 7. The first-order valence-electron chi connectivity index (χ1n) is 12.6. The molecule has 218 valence electrons. The predicted octanol–water partition coefficient (Wildman–Crippen LogP) is 3.62. The highest BCUT2D eigenvalue weighted by Crippen LogP contribution is 2.28. The summed E-state index contributed by atoms with van der Waals surface area (Å²) in [5.74, 6) is -13.5. The van der Waals surface area contributed by atoms with Gasteiger partial charge in [0, 0.05) is 19.2 Å². The van der Waals surface area contributed by atoms with Crippen molar-refractivity contribution in [3.8, 4) is 5.75 Å². The molecule has 4 rings (SSSR count). The Kier molecular flexibility index (Phi) is 8.59. The average molecular weight is 580 g/mol. The Balaban J connectivity index is 1.49. The monoisotopic (exact) mass is 579 g/mol. The van der Waals surface area contributed by atoms with Gasteiger partial charge in [0.2, 0.25) is 17.5 Å². The number of aliphatic carboxylic acids is 1. The normalized spacial score (nSPS) is 17.0. The molecule has 2 amide bonds. The molecule has 14 heteroatoms. The van der Waals surface area contributed by atoms with E-state index in [4.69, 9.17) is 9.26 Å². The Hall–Kier alpha value is -4.49. The number of rotatable bonds is 9. The van der Waals surface area contributed by atoms with E-state index in [0.29, 0.717) is 36.8 Å². The summed E-state index contributed by atoms with van der Waals surface area (Å²) in [5, 5.41) is 16.1. The number of carboxylic acids is 1. The molecule has 0 aliphatic carbocycles. The standard InChI is InChI=1S/C27H25F4N3O7/c1-27(11-20(36)37,19(35)13-40-24-21(30)16(28)10-17(29)22(24)31)32-25(38)14-6-4-5-9-34(12-14)26(39)23-15-7-2-3-8-18(15)41-33-23/h2-3,7-8,10,14H,4-6,9,11-13H2,1H3,(H,32,38)(H,36,37). The number of hydrogen-bond donors (Lipinski definition) is 2. The van der Waals surface area contributed by atoms with Gasteiger partial charge in [0.25, 0.3) is 5.91 Å². The molecule has 1 aliphatic rings. The van der Waals surface area contributed by atoms with Crippen LogP contribution in [0, 0.1) is 29.2 Å². The Morgan fingerprint density at radius 2 is 1.80 bits per heavy atom. The maximum absolute atomic E-state index is 14.0. The Bertz CT molecular complexity index is 1490. The molecule has 0 spiro atoms. The van der Waals surface area contributed by atoms with Crippen molar-refractivity contribution < 1.29 is 51.1 Å². The van der Waals surface area contributed by atoms with E-state index >= 15 is 0 Å². The van der Waals surface area contributed by atoms with E-state index in [1.807, 2.05) is 0 Å². The summed E-state index contributed by atoms with van der Waals surface area (Å²) >= 11 is 0. The number of benzene rings is 2. The number of ketones is 1. The molecule has 1 fully saturated rings. The van der Waals surface area contributed by atoms with E-state index in [2.05, 4.69) is 10.5 Å². The second kappa shape index (κ2) is 11.9. The van der Waals surface area contributed by atoms with E-state index in [9.17, 15) is 41.8 Å². The number of carbonyl (C=O) groups is 4. The first kappa shape index (κ1) is 29.5. The first-order valence-corrected chi connectivity index (χ1v) is 12.6. The number of aromatic nitrogens is 1. The molecular formula is C27H25F4N3O7. The highest BCUT2D eigenvalue weighted by Gasteiger charge is 2.40. The number of likely N-dealkylation sites (tertiary alicyclic amines) is 1. The molecule has 2 aromatic carbocycles. The van der Waals surface area contributed by atoms with Gasteiger partial charge in [-0.05, 0) is 31.9 Å². The third kappa shape index (κ3) is 6.31. The molecule has 10 nitrogen and oxygen atoms in total. The number of Topliss-reactive ketones (excluding diaryl/α,β-unsaturated/α-hetero) is 1. The van der Waals surface area contributed by atoms with Crippen molar-refractivity contribution in [3.05, 3.63) is 59.3 Å². The highest BCUT2D eigenvalue weighted by atomic mass is 19.2. The van der Waals surface area contributed by atoms with Gasteiger partial charge in [-0.3, -0.25) is 19.2 Å². The molecule has 41 heavy (non-hydrogen) atoms. The highest BCUT2D eigenvalue weighted by molar-refractivity contribution is 6.04. The number of para-hydroxylation sites is 1. The lowest BCUT2D eigenvalue weighted by Crippen LogP contribution is -2.57. The maximum atomic E-state index is 14.0. The van der Waals surface area contributed by atoms with Crippen molar-refractivity contribution in [2.75, 3.05) is 19.7 Å². The third-order valence-electron chi connectivity index (χ3n) is 6.85. The number of nitrogens with one attached hydrogen (secondary N) is 1. The zero-order chi connectivity index (χ0) is 29.9. The summed E-state index contributed by atoms with van der Waals surface area (Å²) in [5.41, 5.74) is -1.66. The minimum Gasteiger partial charge on any atom is -0.481 e. The molecule has 0 bridgehead atoms. The molecule has 2 unspecified atom stereocenters. The number of fused-ring (bicyclic) bond motifs is 1. The van der Waals surface area contributed by atoms with Crippen molar-refractivity contribution in [1.82, 2.24) is 15.4 Å². The number of ether oxygens (including phenoxy) is 1. The van der Waals surface area contributed by atoms with Crippen LogP contribution in [0.15, 0.2) is 34.9 Å². The second-order valence-electron chi connectivity index (χ2n) is 9.87. The summed E-state index contributed by atoms with van der Waals surface area (Å²) in [6.45, 7) is 0.100. The number of amides is 2. The van der Waals surface area contributed by atoms with Gasteiger partial charge in [0.1, 0.15) is 12.1 Å². The minimum atomic E-state index is -2.13. The van der Waals surface area contributed by atoms with Crippen LogP contribution in [0.1, 0.15) is 43.1 Å². The van der Waals surface area contributed by atoms with Crippen LogP contribution in [0.2, 0.25) is 0 Å². The summed E-state index contributed by atoms with van der Waals surface area (Å²) in [7, 11) is 0. The van der Waals surface area contributed by atoms with Gasteiger partial charge >= 0.3 is 5.97 Å². The zero-order valence-corrected chi connectivity index (χ0v) is 21.7. The quantitative estimate of drug-likeness (QED) is 0.290. The van der Waals surface area contributed by atoms with Crippen molar-refractivity contribution in [1.29, 1.82) is 0 Å². The van der Waals surface area contributed by atoms with Crippen LogP contribution >= 0.6 is 0 Å². The van der Waals surface area contributed by atoms with Crippen LogP contribution in [0.25, 0.3) is 11.0 Å². The minimum absolute atomic E-state index is 0.0417. The number of carboxylic acid groups (broad SMARTS) is 1. The molecule has 1 aliphatic heterocycles. The Morgan fingerprint density at radius 1 is 1.12 bits per heavy atom. The molecule has 1 saturated heterocycles. The molecule has 3 aromatic rings. The predicted molar refractivity (Wildman–Crippen MR) is 133 cm³/mol. The molecule has 1 aromatic heterocycles. The lowest BCUT2D eigenvalue weighted by molar-refractivity contribution is -0.144. The van der Waals surface area contributed by atoms with E-state index in [-0.39, 0.29) is 18.3 Å². The van der Waals surface area contributed by atoms with Crippen molar-refractivity contribution in [3.63, 3.8) is 0 Å². The van der Waals surface area contributed by atoms with E-state index in [0.717, 1.165) is 6.92 Å². The summed E-state index contributed by atoms with van der Waals surface area (Å²) in [6, 6.07) is 6.71. The van der Waals surface area contributed by atoms with E-state index < -0.39 is 77.1 Å². The van der Waals surface area contributed by atoms with Crippen molar-refractivity contribution in [2.24, 2.45) is 5.92 Å². The van der Waals surface area contributed by atoms with Gasteiger partial charge in [-0.1, -0.05) is 23.7 Å². The van der Waals surface area contributed by atoms with Crippen molar-refractivity contribution >= 4 is 34.5 Å². The summed E-state index contributed by atoms with van der Waals surface area (Å²) in [6.07, 6.45) is 0.468. The van der Waals surface area contributed by atoms with Gasteiger partial charge in [0.15, 0.2) is 34.4 Å². The van der Waals surface area contributed by atoms with Crippen LogP contribution < -0.4 is 10.1 Å². The van der Waals surface area contributed by atoms with Crippen molar-refractivity contribution in [2.45, 2.75) is 38.1 Å². The molecule has 2 atom stereocenters. The van der Waals surface area contributed by atoms with Crippen LogP contribution in [0.4, 0.5) is 17.6 Å². The molecule has 2 heterocycles. The van der Waals surface area contributed by atoms with Crippen LogP contribution in [0.5, 0.6) is 5.75 Å². The topological polar surface area (TPSA) is 139 Å². The smallest absolute Gasteiger partial charge is 0.306 e. The number of halogens is 4. The zero-order valence-electron chi connectivity index (χ0n) is 21.7. The fraction of sp³-hybridized carbons (Fsp3) is 0.370. The first-order chi connectivity index (χ1) is 19.4. The molecule has 0 radical (unpaired) electrons. The van der Waals surface area contributed by atoms with Crippen LogP contribution in [0.3, 0.4) is 0 Å². The Morgan fingerprint density at radius 3 is 2.49 bits per heavy atom. The third-order valence-corrected chi connectivity index (χ3v) is 6.85. The van der Waals surface area contributed by atoms with Crippen LogP contribution in [-0.2, 0) is 14.4 Å². The van der Waals surface area contributed by atoms with Crippen LogP contribution in [-0.4, -0.2) is 64.0 Å². The largest absolute Gasteiger partial charge is 0.481 e.